The lowest BCUT2D eigenvalue weighted by atomic mass is 10.3. The van der Waals surface area contributed by atoms with Crippen molar-refractivity contribution in [1.82, 2.24) is 0 Å². The Morgan fingerprint density at radius 2 is 1.67 bits per heavy atom. The van der Waals surface area contributed by atoms with Gasteiger partial charge in [0.1, 0.15) is 0 Å². The lowest BCUT2D eigenvalue weighted by molar-refractivity contribution is -0.137. The number of hydrogen-bond acceptors (Lipinski definition) is 3. The summed E-state index contributed by atoms with van der Waals surface area (Å²) in [6.45, 7) is 5.86. The Kier molecular flexibility index (Phi) is 7.44. The number of benzene rings is 1. The Labute approximate surface area is 118 Å². The monoisotopic (exact) mass is 291 g/mol. The predicted molar refractivity (Wildman–Crippen MR) is 76.6 cm³/mol. The summed E-state index contributed by atoms with van der Waals surface area (Å²) < 4.78 is 10.9. The highest BCUT2D eigenvalue weighted by atomic mass is 35.5. The summed E-state index contributed by atoms with van der Waals surface area (Å²) in [6, 6.07) is 5.43. The minimum Gasteiger partial charge on any atom is -0.382 e. The first-order valence-corrected chi connectivity index (χ1v) is 6.85. The normalized spacial score (nSPS) is 10.9. The molecule has 5 heteroatoms. The first-order valence-electron chi connectivity index (χ1n) is 6.10. The van der Waals surface area contributed by atoms with Crippen molar-refractivity contribution in [2.75, 3.05) is 25.1 Å². The molecule has 0 saturated carbocycles. The largest absolute Gasteiger partial charge is 0.382 e. The highest BCUT2D eigenvalue weighted by Gasteiger charge is 2.09. The average molecular weight is 292 g/mol. The molecule has 0 amide bonds. The van der Waals surface area contributed by atoms with E-state index >= 15 is 0 Å². The highest BCUT2D eigenvalue weighted by Crippen LogP contribution is 2.29. The van der Waals surface area contributed by atoms with Crippen LogP contribution in [0.15, 0.2) is 18.2 Å². The molecule has 0 aliphatic carbocycles. The molecule has 1 aromatic carbocycles. The van der Waals surface area contributed by atoms with E-state index in [0.717, 1.165) is 12.1 Å². The SMILES string of the molecule is CCOC(CCNc1c(Cl)cccc1Cl)OCC. The summed E-state index contributed by atoms with van der Waals surface area (Å²) in [5.41, 5.74) is 0.757. The minimum atomic E-state index is -0.186. The quantitative estimate of drug-likeness (QED) is 0.729. The number of nitrogens with one attached hydrogen (secondary N) is 1. The fraction of sp³-hybridized carbons (Fsp3) is 0.538. The molecule has 1 aromatic rings. The van der Waals surface area contributed by atoms with Crippen LogP contribution < -0.4 is 5.32 Å². The van der Waals surface area contributed by atoms with Crippen molar-refractivity contribution in [3.63, 3.8) is 0 Å². The van der Waals surface area contributed by atoms with Gasteiger partial charge >= 0.3 is 0 Å². The van der Waals surface area contributed by atoms with Crippen LogP contribution in [0.25, 0.3) is 0 Å². The molecular weight excluding hydrogens is 273 g/mol. The van der Waals surface area contributed by atoms with Crippen LogP contribution in [0.1, 0.15) is 20.3 Å². The van der Waals surface area contributed by atoms with Crippen LogP contribution >= 0.6 is 23.2 Å². The molecule has 3 nitrogen and oxygen atoms in total. The van der Waals surface area contributed by atoms with Crippen molar-refractivity contribution < 1.29 is 9.47 Å². The Balaban J connectivity index is 2.44. The maximum absolute atomic E-state index is 6.06. The summed E-state index contributed by atoms with van der Waals surface area (Å²) in [5.74, 6) is 0. The summed E-state index contributed by atoms with van der Waals surface area (Å²) in [5, 5.41) is 4.44. The first kappa shape index (κ1) is 15.6. The van der Waals surface area contributed by atoms with Crippen LogP contribution in [0.2, 0.25) is 10.0 Å². The van der Waals surface area contributed by atoms with E-state index in [1.54, 1.807) is 12.1 Å². The van der Waals surface area contributed by atoms with E-state index in [-0.39, 0.29) is 6.29 Å². The van der Waals surface area contributed by atoms with Gasteiger partial charge in [-0.2, -0.15) is 0 Å². The van der Waals surface area contributed by atoms with Crippen molar-refractivity contribution in [2.24, 2.45) is 0 Å². The summed E-state index contributed by atoms with van der Waals surface area (Å²) >= 11 is 12.1. The van der Waals surface area contributed by atoms with E-state index in [1.165, 1.54) is 0 Å². The zero-order chi connectivity index (χ0) is 13.4. The fourth-order valence-electron chi connectivity index (χ4n) is 1.57. The maximum atomic E-state index is 6.06. The number of halogens is 2. The first-order chi connectivity index (χ1) is 8.69. The molecule has 0 unspecified atom stereocenters. The second kappa shape index (κ2) is 8.59. The predicted octanol–water partition coefficient (Wildman–Crippen LogP) is 4.19. The summed E-state index contributed by atoms with van der Waals surface area (Å²) in [7, 11) is 0. The van der Waals surface area contributed by atoms with Crippen LogP contribution in [-0.2, 0) is 9.47 Å². The third-order valence-electron chi connectivity index (χ3n) is 2.35. The highest BCUT2D eigenvalue weighted by molar-refractivity contribution is 6.39. The van der Waals surface area contributed by atoms with Crippen molar-refractivity contribution in [3.05, 3.63) is 28.2 Å². The van der Waals surface area contributed by atoms with Crippen LogP contribution in [0.4, 0.5) is 5.69 Å². The van der Waals surface area contributed by atoms with Crippen molar-refractivity contribution in [2.45, 2.75) is 26.6 Å². The lowest BCUT2D eigenvalue weighted by Crippen LogP contribution is -2.21. The second-order valence-electron chi connectivity index (χ2n) is 3.65. The molecule has 0 spiro atoms. The topological polar surface area (TPSA) is 30.5 Å². The number of hydrogen-bond donors (Lipinski definition) is 1. The molecule has 0 aliphatic rings. The van der Waals surface area contributed by atoms with E-state index in [9.17, 15) is 0 Å². The van der Waals surface area contributed by atoms with Gasteiger partial charge in [-0.3, -0.25) is 0 Å². The Hall–Kier alpha value is -0.480. The number of ether oxygens (including phenoxy) is 2. The van der Waals surface area contributed by atoms with E-state index in [0.29, 0.717) is 29.8 Å². The second-order valence-corrected chi connectivity index (χ2v) is 4.47. The molecule has 0 aromatic heterocycles. The van der Waals surface area contributed by atoms with Gasteiger partial charge in [-0.25, -0.2) is 0 Å². The number of anilines is 1. The van der Waals surface area contributed by atoms with Gasteiger partial charge < -0.3 is 14.8 Å². The van der Waals surface area contributed by atoms with Gasteiger partial charge in [-0.05, 0) is 26.0 Å². The van der Waals surface area contributed by atoms with Crippen LogP contribution in [0.5, 0.6) is 0 Å². The van der Waals surface area contributed by atoms with Gasteiger partial charge in [-0.1, -0.05) is 29.3 Å². The lowest BCUT2D eigenvalue weighted by Gasteiger charge is -2.18. The third kappa shape index (κ3) is 5.02. The van der Waals surface area contributed by atoms with Gasteiger partial charge in [0.15, 0.2) is 6.29 Å². The molecule has 0 heterocycles. The summed E-state index contributed by atoms with van der Waals surface area (Å²) in [6.07, 6.45) is 0.553. The summed E-state index contributed by atoms with van der Waals surface area (Å²) in [4.78, 5) is 0. The molecule has 1 rings (SSSR count). The van der Waals surface area contributed by atoms with Crippen molar-refractivity contribution in [3.8, 4) is 0 Å². The molecule has 0 bridgehead atoms. The molecule has 1 N–H and O–H groups in total. The van der Waals surface area contributed by atoms with E-state index in [1.807, 2.05) is 19.9 Å². The van der Waals surface area contributed by atoms with Crippen LogP contribution in [0.3, 0.4) is 0 Å². The van der Waals surface area contributed by atoms with E-state index in [2.05, 4.69) is 5.32 Å². The van der Waals surface area contributed by atoms with E-state index < -0.39 is 0 Å². The molecule has 0 radical (unpaired) electrons. The van der Waals surface area contributed by atoms with Gasteiger partial charge in [0.05, 0.1) is 15.7 Å². The maximum Gasteiger partial charge on any atom is 0.159 e. The van der Waals surface area contributed by atoms with Gasteiger partial charge in [0, 0.05) is 26.2 Å². The molecule has 18 heavy (non-hydrogen) atoms. The molecule has 0 aliphatic heterocycles. The van der Waals surface area contributed by atoms with Gasteiger partial charge in [0.25, 0.3) is 0 Å². The minimum absolute atomic E-state index is 0.186. The zero-order valence-electron chi connectivity index (χ0n) is 10.7. The van der Waals surface area contributed by atoms with Crippen molar-refractivity contribution in [1.29, 1.82) is 0 Å². The van der Waals surface area contributed by atoms with Gasteiger partial charge in [0.2, 0.25) is 0 Å². The Morgan fingerprint density at radius 1 is 1.11 bits per heavy atom. The fourth-order valence-corrected chi connectivity index (χ4v) is 2.10. The van der Waals surface area contributed by atoms with Crippen molar-refractivity contribution >= 4 is 28.9 Å². The molecule has 102 valence electrons. The third-order valence-corrected chi connectivity index (χ3v) is 2.98. The number of rotatable bonds is 8. The Morgan fingerprint density at radius 3 is 2.17 bits per heavy atom. The zero-order valence-corrected chi connectivity index (χ0v) is 12.2. The smallest absolute Gasteiger partial charge is 0.159 e. The van der Waals surface area contributed by atoms with Gasteiger partial charge in [-0.15, -0.1) is 0 Å². The van der Waals surface area contributed by atoms with Crippen LogP contribution in [0, 0.1) is 0 Å². The molecule has 0 atom stereocenters. The molecule has 0 saturated heterocycles. The van der Waals surface area contributed by atoms with E-state index in [4.69, 9.17) is 32.7 Å². The number of para-hydroxylation sites is 1. The Bertz CT molecular complexity index is 335. The van der Waals surface area contributed by atoms with Crippen LogP contribution in [-0.4, -0.2) is 26.0 Å². The standard InChI is InChI=1S/C13H19Cl2NO2/c1-3-17-12(18-4-2)8-9-16-13-10(14)6-5-7-11(13)15/h5-7,12,16H,3-4,8-9H2,1-2H3. The molecular formula is C13H19Cl2NO2. The molecule has 0 fully saturated rings. The average Bonchev–Trinajstić information content (AvgIpc) is 2.33.